The maximum absolute atomic E-state index is 4.61. The fourth-order valence-electron chi connectivity index (χ4n) is 4.62. The first-order valence-corrected chi connectivity index (χ1v) is 11.1. The van der Waals surface area contributed by atoms with Crippen molar-refractivity contribution in [1.29, 1.82) is 0 Å². The molecule has 1 aliphatic carbocycles. The Morgan fingerprint density at radius 1 is 0.844 bits per heavy atom. The van der Waals surface area contributed by atoms with Crippen molar-refractivity contribution >= 4 is 17.2 Å². The van der Waals surface area contributed by atoms with Gasteiger partial charge < -0.3 is 15.5 Å². The van der Waals surface area contributed by atoms with Crippen molar-refractivity contribution in [3.63, 3.8) is 0 Å². The maximum atomic E-state index is 4.61. The normalized spacial score (nSPS) is 14.7. The fraction of sp³-hybridized carbons (Fsp3) is 0.192. The standard InChI is InChI=1S/C26H24N6/c1-2-20-16-24-25(23(20)15-19(1)18-7-9-27-10-8-18)26(30-17-29-24)31-21-3-5-22(6-4-21)32-13-11-28-12-14-32/h1-10,15,17,28H,11-14,16H2,(H,29,30,31). The zero-order valence-corrected chi connectivity index (χ0v) is 17.8. The second kappa shape index (κ2) is 8.05. The van der Waals surface area contributed by atoms with Crippen LogP contribution in [0.3, 0.4) is 0 Å². The van der Waals surface area contributed by atoms with Gasteiger partial charge in [0.25, 0.3) is 0 Å². The number of pyridine rings is 1. The van der Waals surface area contributed by atoms with Gasteiger partial charge in [-0.3, -0.25) is 4.98 Å². The third kappa shape index (κ3) is 3.48. The summed E-state index contributed by atoms with van der Waals surface area (Å²) in [6.45, 7) is 4.16. The summed E-state index contributed by atoms with van der Waals surface area (Å²) in [6, 6.07) is 19.3. The summed E-state index contributed by atoms with van der Waals surface area (Å²) < 4.78 is 0. The highest BCUT2D eigenvalue weighted by atomic mass is 15.2. The molecule has 1 aliphatic heterocycles. The summed E-state index contributed by atoms with van der Waals surface area (Å²) in [4.78, 5) is 15.7. The van der Waals surface area contributed by atoms with E-state index in [9.17, 15) is 0 Å². The Morgan fingerprint density at radius 2 is 1.66 bits per heavy atom. The highest BCUT2D eigenvalue weighted by Crippen LogP contribution is 2.42. The lowest BCUT2D eigenvalue weighted by Crippen LogP contribution is -2.43. The summed E-state index contributed by atoms with van der Waals surface area (Å²) in [5.74, 6) is 0.857. The predicted molar refractivity (Wildman–Crippen MR) is 128 cm³/mol. The number of nitrogens with zero attached hydrogens (tertiary/aromatic N) is 4. The van der Waals surface area contributed by atoms with Crippen LogP contribution in [0.25, 0.3) is 22.3 Å². The summed E-state index contributed by atoms with van der Waals surface area (Å²) in [7, 11) is 0. The van der Waals surface area contributed by atoms with Crippen LogP contribution in [0.4, 0.5) is 17.2 Å². The van der Waals surface area contributed by atoms with E-state index >= 15 is 0 Å². The average molecular weight is 421 g/mol. The van der Waals surface area contributed by atoms with Crippen molar-refractivity contribution in [2.45, 2.75) is 6.42 Å². The van der Waals surface area contributed by atoms with Gasteiger partial charge in [0.05, 0.1) is 5.69 Å². The van der Waals surface area contributed by atoms with E-state index in [-0.39, 0.29) is 0 Å². The molecular weight excluding hydrogens is 396 g/mol. The molecular formula is C26H24N6. The number of anilines is 3. The zero-order valence-electron chi connectivity index (χ0n) is 17.8. The van der Waals surface area contributed by atoms with E-state index in [2.05, 4.69) is 72.9 Å². The van der Waals surface area contributed by atoms with Gasteiger partial charge in [-0.15, -0.1) is 0 Å². The van der Waals surface area contributed by atoms with E-state index in [1.165, 1.54) is 22.4 Å². The van der Waals surface area contributed by atoms with Crippen molar-refractivity contribution in [1.82, 2.24) is 20.3 Å². The van der Waals surface area contributed by atoms with Gasteiger partial charge in [0, 0.05) is 61.9 Å². The molecule has 6 nitrogen and oxygen atoms in total. The highest BCUT2D eigenvalue weighted by Gasteiger charge is 2.24. The molecule has 0 bridgehead atoms. The third-order valence-electron chi connectivity index (χ3n) is 6.29. The van der Waals surface area contributed by atoms with Crippen molar-refractivity contribution in [3.8, 4) is 22.3 Å². The predicted octanol–water partition coefficient (Wildman–Crippen LogP) is 4.26. The molecule has 0 atom stereocenters. The number of piperazine rings is 1. The molecule has 4 aromatic rings. The molecule has 0 spiro atoms. The Morgan fingerprint density at radius 3 is 2.47 bits per heavy atom. The lowest BCUT2D eigenvalue weighted by Gasteiger charge is -2.29. The molecule has 2 aromatic carbocycles. The first-order chi connectivity index (χ1) is 15.8. The average Bonchev–Trinajstić information content (AvgIpc) is 3.24. The number of benzene rings is 2. The molecule has 158 valence electrons. The van der Waals surface area contributed by atoms with Crippen molar-refractivity contribution in [3.05, 3.63) is 84.6 Å². The van der Waals surface area contributed by atoms with Crippen molar-refractivity contribution in [2.75, 3.05) is 36.4 Å². The van der Waals surface area contributed by atoms with Crippen LogP contribution in [0, 0.1) is 0 Å². The molecule has 0 saturated carbocycles. The monoisotopic (exact) mass is 420 g/mol. The number of hydrogen-bond donors (Lipinski definition) is 2. The summed E-state index contributed by atoms with van der Waals surface area (Å²) in [6.07, 6.45) is 6.15. The second-order valence-corrected chi connectivity index (χ2v) is 8.24. The molecule has 0 radical (unpaired) electrons. The molecule has 6 rings (SSSR count). The number of rotatable bonds is 4. The number of fused-ring (bicyclic) bond motifs is 3. The Bertz CT molecular complexity index is 1250. The van der Waals surface area contributed by atoms with Crippen LogP contribution >= 0.6 is 0 Å². The minimum Gasteiger partial charge on any atom is -0.369 e. The number of hydrogen-bond acceptors (Lipinski definition) is 6. The van der Waals surface area contributed by atoms with Gasteiger partial charge >= 0.3 is 0 Å². The summed E-state index contributed by atoms with van der Waals surface area (Å²) in [5, 5.41) is 6.95. The van der Waals surface area contributed by atoms with E-state index in [0.29, 0.717) is 0 Å². The molecule has 2 N–H and O–H groups in total. The Kier molecular flexibility index (Phi) is 4.77. The van der Waals surface area contributed by atoms with Gasteiger partial charge in [0.2, 0.25) is 0 Å². The summed E-state index contributed by atoms with van der Waals surface area (Å²) >= 11 is 0. The molecule has 0 unspecified atom stereocenters. The Hall–Kier alpha value is -3.77. The van der Waals surface area contributed by atoms with Gasteiger partial charge in [0.15, 0.2) is 0 Å². The van der Waals surface area contributed by atoms with Crippen molar-refractivity contribution < 1.29 is 0 Å². The largest absolute Gasteiger partial charge is 0.369 e. The first-order valence-electron chi connectivity index (χ1n) is 11.1. The van der Waals surface area contributed by atoms with Crippen LogP contribution in [-0.4, -0.2) is 41.1 Å². The second-order valence-electron chi connectivity index (χ2n) is 8.24. The van der Waals surface area contributed by atoms with Crippen LogP contribution in [-0.2, 0) is 6.42 Å². The van der Waals surface area contributed by atoms with Gasteiger partial charge in [-0.1, -0.05) is 12.1 Å². The molecule has 1 saturated heterocycles. The fourth-order valence-corrected chi connectivity index (χ4v) is 4.62. The number of nitrogens with one attached hydrogen (secondary N) is 2. The number of aromatic nitrogens is 3. The topological polar surface area (TPSA) is 66.0 Å². The van der Waals surface area contributed by atoms with Gasteiger partial charge in [-0.2, -0.15) is 0 Å². The zero-order chi connectivity index (χ0) is 21.3. The lowest BCUT2D eigenvalue weighted by molar-refractivity contribution is 0.589. The van der Waals surface area contributed by atoms with Gasteiger partial charge in [-0.25, -0.2) is 9.97 Å². The SMILES string of the molecule is c1cc(-c2ccc3c(c2)-c2c(ncnc2Nc2ccc(N4CCNCC4)cc2)C3)ccn1. The molecule has 6 heteroatoms. The van der Waals surface area contributed by atoms with E-state index in [1.807, 2.05) is 24.5 Å². The lowest BCUT2D eigenvalue weighted by atomic mass is 9.99. The highest BCUT2D eigenvalue weighted by molar-refractivity contribution is 5.88. The molecule has 2 aliphatic rings. The molecule has 0 amide bonds. The van der Waals surface area contributed by atoms with E-state index in [4.69, 9.17) is 0 Å². The van der Waals surface area contributed by atoms with Crippen LogP contribution < -0.4 is 15.5 Å². The Balaban J connectivity index is 1.31. The molecule has 32 heavy (non-hydrogen) atoms. The summed E-state index contributed by atoms with van der Waals surface area (Å²) in [5.41, 5.74) is 9.29. The van der Waals surface area contributed by atoms with Gasteiger partial charge in [0.1, 0.15) is 12.1 Å². The van der Waals surface area contributed by atoms with Crippen molar-refractivity contribution in [2.24, 2.45) is 0 Å². The quantitative estimate of drug-likeness (QED) is 0.453. The maximum Gasteiger partial charge on any atom is 0.141 e. The van der Waals surface area contributed by atoms with E-state index in [0.717, 1.165) is 60.9 Å². The smallest absolute Gasteiger partial charge is 0.141 e. The minimum atomic E-state index is 0.834. The van der Waals surface area contributed by atoms with E-state index < -0.39 is 0 Å². The first kappa shape index (κ1) is 19.0. The van der Waals surface area contributed by atoms with Crippen LogP contribution in [0.2, 0.25) is 0 Å². The van der Waals surface area contributed by atoms with Crippen LogP contribution in [0.15, 0.2) is 73.3 Å². The molecule has 3 heterocycles. The minimum absolute atomic E-state index is 0.834. The Labute approximate surface area is 187 Å². The third-order valence-corrected chi connectivity index (χ3v) is 6.29. The van der Waals surface area contributed by atoms with Crippen LogP contribution in [0.5, 0.6) is 0 Å². The van der Waals surface area contributed by atoms with Crippen LogP contribution in [0.1, 0.15) is 11.3 Å². The van der Waals surface area contributed by atoms with Gasteiger partial charge in [-0.05, 0) is 64.7 Å². The molecule has 2 aromatic heterocycles. The molecule has 1 fully saturated rings. The van der Waals surface area contributed by atoms with E-state index in [1.54, 1.807) is 6.33 Å².